The van der Waals surface area contributed by atoms with Gasteiger partial charge in [-0.3, -0.25) is 9.59 Å². The number of ether oxygens (including phenoxy) is 1. The lowest BCUT2D eigenvalue weighted by molar-refractivity contribution is -0.139. The molecule has 1 unspecified atom stereocenters. The second-order valence-corrected chi connectivity index (χ2v) is 4.83. The fourth-order valence-electron chi connectivity index (χ4n) is 2.23. The Morgan fingerprint density at radius 1 is 1.47 bits per heavy atom. The Hall–Kier alpha value is -1.82. The van der Waals surface area contributed by atoms with E-state index in [4.69, 9.17) is 14.3 Å². The molecule has 19 heavy (non-hydrogen) atoms. The van der Waals surface area contributed by atoms with E-state index < -0.39 is 11.5 Å². The van der Waals surface area contributed by atoms with Crippen LogP contribution in [0.2, 0.25) is 0 Å². The number of rotatable bonds is 6. The van der Waals surface area contributed by atoms with Crippen molar-refractivity contribution in [2.75, 3.05) is 13.2 Å². The third-order valence-corrected chi connectivity index (χ3v) is 3.22. The Balaban J connectivity index is 1.86. The molecule has 1 fully saturated rings. The van der Waals surface area contributed by atoms with Crippen LogP contribution in [-0.2, 0) is 20.7 Å². The van der Waals surface area contributed by atoms with Gasteiger partial charge in [0.05, 0.1) is 31.1 Å². The summed E-state index contributed by atoms with van der Waals surface area (Å²) in [6.07, 6.45) is 4.47. The summed E-state index contributed by atoms with van der Waals surface area (Å²) in [4.78, 5) is 22.8. The predicted octanol–water partition coefficient (Wildman–Crippen LogP) is 0.962. The Morgan fingerprint density at radius 2 is 2.32 bits per heavy atom. The minimum atomic E-state index is -0.930. The quantitative estimate of drug-likeness (QED) is 0.801. The van der Waals surface area contributed by atoms with E-state index >= 15 is 0 Å². The number of aryl methyl sites for hydroxylation is 1. The highest BCUT2D eigenvalue weighted by atomic mass is 16.5. The first-order chi connectivity index (χ1) is 9.10. The fourth-order valence-corrected chi connectivity index (χ4v) is 2.23. The molecule has 0 aliphatic carbocycles. The zero-order valence-electron chi connectivity index (χ0n) is 10.6. The molecule has 1 saturated heterocycles. The SMILES string of the molecule is O=C(O)CC1(NC(=O)CCc2ccoc2)CCOC1. The van der Waals surface area contributed by atoms with E-state index in [0.29, 0.717) is 25.9 Å². The van der Waals surface area contributed by atoms with Crippen molar-refractivity contribution in [1.82, 2.24) is 5.32 Å². The van der Waals surface area contributed by atoms with Crippen molar-refractivity contribution in [1.29, 1.82) is 0 Å². The monoisotopic (exact) mass is 267 g/mol. The van der Waals surface area contributed by atoms with Gasteiger partial charge in [-0.25, -0.2) is 0 Å². The van der Waals surface area contributed by atoms with E-state index in [9.17, 15) is 9.59 Å². The number of hydrogen-bond donors (Lipinski definition) is 2. The first kappa shape index (κ1) is 13.6. The highest BCUT2D eigenvalue weighted by Gasteiger charge is 2.38. The molecule has 6 heteroatoms. The van der Waals surface area contributed by atoms with E-state index in [2.05, 4.69) is 5.32 Å². The third kappa shape index (κ3) is 3.82. The summed E-state index contributed by atoms with van der Waals surface area (Å²) < 4.78 is 10.1. The van der Waals surface area contributed by atoms with Gasteiger partial charge in [0, 0.05) is 13.0 Å². The lowest BCUT2D eigenvalue weighted by atomic mass is 9.94. The van der Waals surface area contributed by atoms with Gasteiger partial charge in [0.15, 0.2) is 0 Å². The van der Waals surface area contributed by atoms with Gasteiger partial charge in [-0.15, -0.1) is 0 Å². The molecule has 0 radical (unpaired) electrons. The lowest BCUT2D eigenvalue weighted by Gasteiger charge is -2.26. The summed E-state index contributed by atoms with van der Waals surface area (Å²) in [5.74, 6) is -1.09. The van der Waals surface area contributed by atoms with Crippen molar-refractivity contribution in [3.8, 4) is 0 Å². The number of hydrogen-bond acceptors (Lipinski definition) is 4. The number of amides is 1. The highest BCUT2D eigenvalue weighted by Crippen LogP contribution is 2.23. The van der Waals surface area contributed by atoms with E-state index in [0.717, 1.165) is 5.56 Å². The summed E-state index contributed by atoms with van der Waals surface area (Å²) in [7, 11) is 0. The molecular weight excluding hydrogens is 250 g/mol. The number of carboxylic acids is 1. The van der Waals surface area contributed by atoms with Gasteiger partial charge in [-0.2, -0.15) is 0 Å². The molecule has 1 amide bonds. The Kier molecular flexibility index (Phi) is 4.21. The largest absolute Gasteiger partial charge is 0.481 e. The van der Waals surface area contributed by atoms with Crippen molar-refractivity contribution in [2.24, 2.45) is 0 Å². The van der Waals surface area contributed by atoms with Crippen molar-refractivity contribution >= 4 is 11.9 Å². The van der Waals surface area contributed by atoms with Gasteiger partial charge >= 0.3 is 5.97 Å². The molecule has 104 valence electrons. The van der Waals surface area contributed by atoms with Gasteiger partial charge < -0.3 is 19.6 Å². The second kappa shape index (κ2) is 5.88. The van der Waals surface area contributed by atoms with Gasteiger partial charge in [0.25, 0.3) is 0 Å². The zero-order chi connectivity index (χ0) is 13.7. The van der Waals surface area contributed by atoms with Gasteiger partial charge in [0.1, 0.15) is 0 Å². The van der Waals surface area contributed by atoms with E-state index in [-0.39, 0.29) is 18.9 Å². The van der Waals surface area contributed by atoms with Gasteiger partial charge in [0.2, 0.25) is 5.91 Å². The van der Waals surface area contributed by atoms with Gasteiger partial charge in [-0.05, 0) is 24.5 Å². The molecule has 2 N–H and O–H groups in total. The van der Waals surface area contributed by atoms with Crippen LogP contribution in [-0.4, -0.2) is 35.7 Å². The average Bonchev–Trinajstić information content (AvgIpc) is 2.97. The third-order valence-electron chi connectivity index (χ3n) is 3.22. The molecule has 0 aromatic carbocycles. The standard InChI is InChI=1S/C13H17NO5/c15-11(2-1-10-3-5-18-8-10)14-13(7-12(16)17)4-6-19-9-13/h3,5,8H,1-2,4,6-7,9H2,(H,14,15)(H,16,17). The van der Waals surface area contributed by atoms with Crippen LogP contribution in [0.5, 0.6) is 0 Å². The number of nitrogens with one attached hydrogen (secondary N) is 1. The summed E-state index contributed by atoms with van der Waals surface area (Å²) in [6.45, 7) is 0.742. The molecule has 0 spiro atoms. The molecular formula is C13H17NO5. The van der Waals surface area contributed by atoms with Crippen molar-refractivity contribution in [3.63, 3.8) is 0 Å². The van der Waals surface area contributed by atoms with Gasteiger partial charge in [-0.1, -0.05) is 0 Å². The maximum Gasteiger partial charge on any atom is 0.305 e. The Bertz CT molecular complexity index is 434. The van der Waals surface area contributed by atoms with Crippen LogP contribution in [0.3, 0.4) is 0 Å². The normalized spacial score (nSPS) is 22.3. The molecule has 1 aliphatic heterocycles. The van der Waals surface area contributed by atoms with Crippen molar-refractivity contribution in [2.45, 2.75) is 31.2 Å². The maximum absolute atomic E-state index is 11.9. The van der Waals surface area contributed by atoms with E-state index in [1.54, 1.807) is 18.6 Å². The summed E-state index contributed by atoms with van der Waals surface area (Å²) in [5, 5.41) is 11.7. The Labute approximate surface area is 110 Å². The summed E-state index contributed by atoms with van der Waals surface area (Å²) >= 11 is 0. The molecule has 2 rings (SSSR count). The van der Waals surface area contributed by atoms with Crippen molar-refractivity contribution < 1.29 is 23.8 Å². The number of carboxylic acid groups (broad SMARTS) is 1. The smallest absolute Gasteiger partial charge is 0.305 e. The van der Waals surface area contributed by atoms with Crippen LogP contribution < -0.4 is 5.32 Å². The topological polar surface area (TPSA) is 88.8 Å². The van der Waals surface area contributed by atoms with Crippen LogP contribution in [0.15, 0.2) is 23.0 Å². The molecule has 1 atom stereocenters. The van der Waals surface area contributed by atoms with Crippen LogP contribution in [0, 0.1) is 0 Å². The van der Waals surface area contributed by atoms with Crippen LogP contribution in [0.4, 0.5) is 0 Å². The molecule has 0 saturated carbocycles. The highest BCUT2D eigenvalue weighted by molar-refractivity contribution is 5.78. The molecule has 6 nitrogen and oxygen atoms in total. The van der Waals surface area contributed by atoms with E-state index in [1.807, 2.05) is 0 Å². The summed E-state index contributed by atoms with van der Waals surface area (Å²) in [6, 6.07) is 1.80. The average molecular weight is 267 g/mol. The molecule has 2 heterocycles. The maximum atomic E-state index is 11.9. The lowest BCUT2D eigenvalue weighted by Crippen LogP contribution is -2.50. The molecule has 1 aromatic rings. The van der Waals surface area contributed by atoms with Crippen LogP contribution in [0.1, 0.15) is 24.8 Å². The number of carbonyl (C=O) groups is 2. The molecule has 1 aliphatic rings. The number of furan rings is 1. The second-order valence-electron chi connectivity index (χ2n) is 4.83. The summed E-state index contributed by atoms with van der Waals surface area (Å²) in [5.41, 5.74) is 0.198. The van der Waals surface area contributed by atoms with Crippen LogP contribution >= 0.6 is 0 Å². The Morgan fingerprint density at radius 3 is 2.89 bits per heavy atom. The predicted molar refractivity (Wildman–Crippen MR) is 65.6 cm³/mol. The number of aliphatic carboxylic acids is 1. The fraction of sp³-hybridized carbons (Fsp3) is 0.538. The zero-order valence-corrected chi connectivity index (χ0v) is 10.6. The van der Waals surface area contributed by atoms with Crippen LogP contribution in [0.25, 0.3) is 0 Å². The minimum absolute atomic E-state index is 0.107. The van der Waals surface area contributed by atoms with E-state index in [1.165, 1.54) is 0 Å². The first-order valence-corrected chi connectivity index (χ1v) is 6.21. The molecule has 1 aromatic heterocycles. The minimum Gasteiger partial charge on any atom is -0.481 e. The number of carbonyl (C=O) groups excluding carboxylic acids is 1. The van der Waals surface area contributed by atoms with Crippen molar-refractivity contribution in [3.05, 3.63) is 24.2 Å². The molecule has 0 bridgehead atoms. The first-order valence-electron chi connectivity index (χ1n) is 6.21.